The first-order valence-corrected chi connectivity index (χ1v) is 6.19. The van der Waals surface area contributed by atoms with E-state index in [-0.39, 0.29) is 0 Å². The van der Waals surface area contributed by atoms with Crippen LogP contribution in [0.25, 0.3) is 0 Å². The van der Waals surface area contributed by atoms with E-state index >= 15 is 0 Å². The summed E-state index contributed by atoms with van der Waals surface area (Å²) >= 11 is 0. The molecule has 0 aliphatic carbocycles. The van der Waals surface area contributed by atoms with Crippen LogP contribution < -0.4 is 10.5 Å². The molecule has 0 amide bonds. The van der Waals surface area contributed by atoms with E-state index in [1.54, 1.807) is 0 Å². The standard InChI is InChI=1S/C15H19NO2/c1-11(2)12-3-5-13(6-4-12)17-10-15-8-7-14(9-16)18-15/h3-8,11H,9-10,16H2,1-2H3. The normalized spacial score (nSPS) is 10.9. The Morgan fingerprint density at radius 2 is 1.72 bits per heavy atom. The van der Waals surface area contributed by atoms with Gasteiger partial charge in [0.2, 0.25) is 0 Å². The average Bonchev–Trinajstić information content (AvgIpc) is 2.85. The molecule has 3 nitrogen and oxygen atoms in total. The summed E-state index contributed by atoms with van der Waals surface area (Å²) in [6.45, 7) is 5.20. The summed E-state index contributed by atoms with van der Waals surface area (Å²) in [5, 5.41) is 0. The molecule has 1 heterocycles. The number of ether oxygens (including phenoxy) is 1. The average molecular weight is 245 g/mol. The van der Waals surface area contributed by atoms with E-state index < -0.39 is 0 Å². The molecule has 18 heavy (non-hydrogen) atoms. The highest BCUT2D eigenvalue weighted by molar-refractivity contribution is 5.29. The molecule has 0 aliphatic rings. The summed E-state index contributed by atoms with van der Waals surface area (Å²) in [4.78, 5) is 0. The van der Waals surface area contributed by atoms with Gasteiger partial charge in [-0.15, -0.1) is 0 Å². The van der Waals surface area contributed by atoms with Crippen LogP contribution in [-0.4, -0.2) is 0 Å². The third-order valence-electron chi connectivity index (χ3n) is 2.85. The first-order valence-electron chi connectivity index (χ1n) is 6.19. The first kappa shape index (κ1) is 12.7. The lowest BCUT2D eigenvalue weighted by atomic mass is 10.0. The zero-order valence-corrected chi connectivity index (χ0v) is 10.8. The van der Waals surface area contributed by atoms with E-state index in [1.165, 1.54) is 5.56 Å². The van der Waals surface area contributed by atoms with Crippen molar-refractivity contribution in [3.63, 3.8) is 0 Å². The first-order chi connectivity index (χ1) is 8.69. The monoisotopic (exact) mass is 245 g/mol. The van der Waals surface area contributed by atoms with Crippen LogP contribution in [0.4, 0.5) is 0 Å². The molecule has 1 aromatic carbocycles. The lowest BCUT2D eigenvalue weighted by Gasteiger charge is -2.07. The Morgan fingerprint density at radius 3 is 2.28 bits per heavy atom. The van der Waals surface area contributed by atoms with Crippen LogP contribution in [0.5, 0.6) is 5.75 Å². The Morgan fingerprint density at radius 1 is 1.06 bits per heavy atom. The highest BCUT2D eigenvalue weighted by atomic mass is 16.5. The summed E-state index contributed by atoms with van der Waals surface area (Å²) in [6.07, 6.45) is 0. The van der Waals surface area contributed by atoms with Crippen LogP contribution >= 0.6 is 0 Å². The lowest BCUT2D eigenvalue weighted by molar-refractivity contribution is 0.266. The van der Waals surface area contributed by atoms with Crippen molar-refractivity contribution < 1.29 is 9.15 Å². The number of hydrogen-bond acceptors (Lipinski definition) is 3. The Bertz CT molecular complexity index is 485. The van der Waals surface area contributed by atoms with Gasteiger partial charge in [-0.2, -0.15) is 0 Å². The van der Waals surface area contributed by atoms with E-state index in [1.807, 2.05) is 24.3 Å². The van der Waals surface area contributed by atoms with Crippen molar-refractivity contribution in [2.24, 2.45) is 5.73 Å². The van der Waals surface area contributed by atoms with E-state index in [0.717, 1.165) is 17.3 Å². The predicted octanol–water partition coefficient (Wildman–Crippen LogP) is 3.44. The van der Waals surface area contributed by atoms with Crippen molar-refractivity contribution in [2.75, 3.05) is 0 Å². The van der Waals surface area contributed by atoms with Crippen LogP contribution in [0.2, 0.25) is 0 Å². The molecule has 1 aromatic heterocycles. The fourth-order valence-electron chi connectivity index (χ4n) is 1.71. The molecule has 0 bridgehead atoms. The molecule has 0 saturated heterocycles. The van der Waals surface area contributed by atoms with Crippen molar-refractivity contribution >= 4 is 0 Å². The highest BCUT2D eigenvalue weighted by Crippen LogP contribution is 2.19. The molecule has 2 N–H and O–H groups in total. The van der Waals surface area contributed by atoms with E-state index in [4.69, 9.17) is 14.9 Å². The molecule has 96 valence electrons. The van der Waals surface area contributed by atoms with Crippen molar-refractivity contribution in [1.29, 1.82) is 0 Å². The molecule has 2 rings (SSSR count). The zero-order chi connectivity index (χ0) is 13.0. The second kappa shape index (κ2) is 5.74. The van der Waals surface area contributed by atoms with Gasteiger partial charge < -0.3 is 14.9 Å². The fraction of sp³-hybridized carbons (Fsp3) is 0.333. The van der Waals surface area contributed by atoms with Gasteiger partial charge in [-0.25, -0.2) is 0 Å². The molecule has 0 aliphatic heterocycles. The molecular formula is C15H19NO2. The predicted molar refractivity (Wildman–Crippen MR) is 71.5 cm³/mol. The van der Waals surface area contributed by atoms with Gasteiger partial charge in [0, 0.05) is 0 Å². The largest absolute Gasteiger partial charge is 0.486 e. The molecule has 0 atom stereocenters. The maximum atomic E-state index is 5.65. The molecule has 0 spiro atoms. The number of furan rings is 1. The summed E-state index contributed by atoms with van der Waals surface area (Å²) in [6, 6.07) is 11.9. The van der Waals surface area contributed by atoms with Crippen molar-refractivity contribution in [3.05, 3.63) is 53.5 Å². The third kappa shape index (κ3) is 3.14. The summed E-state index contributed by atoms with van der Waals surface area (Å²) in [7, 11) is 0. The SMILES string of the molecule is CC(C)c1ccc(OCc2ccc(CN)o2)cc1. The van der Waals surface area contributed by atoms with Crippen molar-refractivity contribution in [2.45, 2.75) is 32.9 Å². The van der Waals surface area contributed by atoms with Gasteiger partial charge >= 0.3 is 0 Å². The van der Waals surface area contributed by atoms with Gasteiger partial charge in [-0.1, -0.05) is 26.0 Å². The number of rotatable bonds is 5. The second-order valence-corrected chi connectivity index (χ2v) is 4.58. The molecule has 0 fully saturated rings. The molecule has 2 aromatic rings. The Labute approximate surface area is 108 Å². The van der Waals surface area contributed by atoms with E-state index in [2.05, 4.69) is 26.0 Å². The van der Waals surface area contributed by atoms with Gasteiger partial charge in [-0.3, -0.25) is 0 Å². The fourth-order valence-corrected chi connectivity index (χ4v) is 1.71. The van der Waals surface area contributed by atoms with Crippen molar-refractivity contribution in [1.82, 2.24) is 0 Å². The highest BCUT2D eigenvalue weighted by Gasteiger charge is 2.03. The smallest absolute Gasteiger partial charge is 0.146 e. The van der Waals surface area contributed by atoms with Crippen LogP contribution in [0, 0.1) is 0 Å². The molecular weight excluding hydrogens is 226 g/mol. The van der Waals surface area contributed by atoms with E-state index in [9.17, 15) is 0 Å². The van der Waals surface area contributed by atoms with Gasteiger partial charge in [0.25, 0.3) is 0 Å². The van der Waals surface area contributed by atoms with Crippen LogP contribution in [0.3, 0.4) is 0 Å². The quantitative estimate of drug-likeness (QED) is 0.877. The van der Waals surface area contributed by atoms with Gasteiger partial charge in [0.1, 0.15) is 23.9 Å². The minimum Gasteiger partial charge on any atom is -0.486 e. The van der Waals surface area contributed by atoms with Gasteiger partial charge in [0.15, 0.2) is 0 Å². The van der Waals surface area contributed by atoms with E-state index in [0.29, 0.717) is 19.1 Å². The Hall–Kier alpha value is -1.74. The van der Waals surface area contributed by atoms with Gasteiger partial charge in [-0.05, 0) is 35.7 Å². The molecule has 0 radical (unpaired) electrons. The minimum absolute atomic E-state index is 0.420. The molecule has 3 heteroatoms. The minimum atomic E-state index is 0.420. The molecule has 0 saturated carbocycles. The number of benzene rings is 1. The summed E-state index contributed by atoms with van der Waals surface area (Å²) in [5.74, 6) is 2.97. The molecule has 0 unspecified atom stereocenters. The van der Waals surface area contributed by atoms with Crippen LogP contribution in [0.15, 0.2) is 40.8 Å². The third-order valence-corrected chi connectivity index (χ3v) is 2.85. The lowest BCUT2D eigenvalue weighted by Crippen LogP contribution is -1.95. The van der Waals surface area contributed by atoms with Gasteiger partial charge in [0.05, 0.1) is 6.54 Å². The zero-order valence-electron chi connectivity index (χ0n) is 10.8. The van der Waals surface area contributed by atoms with Crippen molar-refractivity contribution in [3.8, 4) is 5.75 Å². The van der Waals surface area contributed by atoms with Crippen LogP contribution in [-0.2, 0) is 13.2 Å². The maximum Gasteiger partial charge on any atom is 0.146 e. The Kier molecular flexibility index (Phi) is 4.05. The maximum absolute atomic E-state index is 5.65. The summed E-state index contributed by atoms with van der Waals surface area (Å²) in [5.41, 5.74) is 6.79. The number of hydrogen-bond donors (Lipinski definition) is 1. The second-order valence-electron chi connectivity index (χ2n) is 4.58. The topological polar surface area (TPSA) is 48.4 Å². The number of nitrogens with two attached hydrogens (primary N) is 1. The van der Waals surface area contributed by atoms with Crippen LogP contribution in [0.1, 0.15) is 36.8 Å². The summed E-state index contributed by atoms with van der Waals surface area (Å²) < 4.78 is 11.1. The Balaban J connectivity index is 1.93.